The van der Waals surface area contributed by atoms with Gasteiger partial charge in [-0.25, -0.2) is 0 Å². The second kappa shape index (κ2) is 6.89. The Morgan fingerprint density at radius 1 is 1.35 bits per heavy atom. The van der Waals surface area contributed by atoms with E-state index in [0.717, 1.165) is 24.3 Å². The lowest BCUT2D eigenvalue weighted by molar-refractivity contribution is 0.368. The molecule has 0 aliphatic carbocycles. The first-order valence-corrected chi connectivity index (χ1v) is 7.81. The number of hydrogen-bond acceptors (Lipinski definition) is 3. The SMILES string of the molecule is CN(C)CCn1ncc(Cl)c1C(N)c1ccc(I)cc1. The van der Waals surface area contributed by atoms with Crippen LogP contribution in [-0.2, 0) is 6.54 Å². The first-order chi connectivity index (χ1) is 9.49. The zero-order chi connectivity index (χ0) is 14.7. The Bertz CT molecular complexity index is 565. The number of benzene rings is 1. The molecule has 1 atom stereocenters. The van der Waals surface area contributed by atoms with Crippen molar-refractivity contribution >= 4 is 34.2 Å². The largest absolute Gasteiger partial charge is 0.319 e. The van der Waals surface area contributed by atoms with Crippen LogP contribution in [0.4, 0.5) is 0 Å². The van der Waals surface area contributed by atoms with Crippen LogP contribution in [0.15, 0.2) is 30.5 Å². The molecule has 0 spiro atoms. The lowest BCUT2D eigenvalue weighted by Gasteiger charge is -2.17. The molecule has 0 bridgehead atoms. The summed E-state index contributed by atoms with van der Waals surface area (Å²) < 4.78 is 3.08. The summed E-state index contributed by atoms with van der Waals surface area (Å²) in [5.41, 5.74) is 8.27. The summed E-state index contributed by atoms with van der Waals surface area (Å²) in [5, 5.41) is 4.95. The third-order valence-electron chi connectivity index (χ3n) is 3.12. The van der Waals surface area contributed by atoms with Crippen molar-refractivity contribution in [2.75, 3.05) is 20.6 Å². The maximum atomic E-state index is 6.36. The van der Waals surface area contributed by atoms with Gasteiger partial charge in [0.15, 0.2) is 0 Å². The smallest absolute Gasteiger partial charge is 0.0837 e. The predicted octanol–water partition coefficient (Wildman–Crippen LogP) is 2.75. The van der Waals surface area contributed by atoms with Gasteiger partial charge in [0, 0.05) is 10.1 Å². The van der Waals surface area contributed by atoms with Crippen LogP contribution in [0, 0.1) is 3.57 Å². The van der Waals surface area contributed by atoms with E-state index in [1.807, 2.05) is 43.0 Å². The number of rotatable bonds is 5. The van der Waals surface area contributed by atoms with Crippen LogP contribution in [0.3, 0.4) is 0 Å². The van der Waals surface area contributed by atoms with E-state index >= 15 is 0 Å². The topological polar surface area (TPSA) is 47.1 Å². The van der Waals surface area contributed by atoms with Gasteiger partial charge in [-0.3, -0.25) is 4.68 Å². The Balaban J connectivity index is 2.26. The number of nitrogens with two attached hydrogens (primary N) is 1. The van der Waals surface area contributed by atoms with Gasteiger partial charge < -0.3 is 10.6 Å². The highest BCUT2D eigenvalue weighted by Crippen LogP contribution is 2.26. The van der Waals surface area contributed by atoms with Gasteiger partial charge in [0.05, 0.1) is 29.5 Å². The van der Waals surface area contributed by atoms with Crippen LogP contribution < -0.4 is 5.73 Å². The molecule has 1 heterocycles. The average molecular weight is 405 g/mol. The molecule has 108 valence electrons. The Kier molecular flexibility index (Phi) is 5.42. The van der Waals surface area contributed by atoms with Crippen molar-refractivity contribution in [3.8, 4) is 0 Å². The van der Waals surface area contributed by atoms with Crippen LogP contribution in [-0.4, -0.2) is 35.3 Å². The molecule has 2 aromatic rings. The van der Waals surface area contributed by atoms with Gasteiger partial charge in [-0.15, -0.1) is 0 Å². The number of nitrogens with zero attached hydrogens (tertiary/aromatic N) is 3. The van der Waals surface area contributed by atoms with Crippen molar-refractivity contribution in [2.45, 2.75) is 12.6 Å². The third-order valence-corrected chi connectivity index (χ3v) is 4.13. The van der Waals surface area contributed by atoms with Crippen LogP contribution in [0.1, 0.15) is 17.3 Å². The van der Waals surface area contributed by atoms with E-state index in [4.69, 9.17) is 17.3 Å². The Morgan fingerprint density at radius 2 is 2.00 bits per heavy atom. The normalized spacial score (nSPS) is 12.9. The number of halogens is 2. The highest BCUT2D eigenvalue weighted by Gasteiger charge is 2.18. The van der Waals surface area contributed by atoms with E-state index in [0.29, 0.717) is 5.02 Å². The maximum absolute atomic E-state index is 6.36. The molecule has 0 aliphatic heterocycles. The molecule has 20 heavy (non-hydrogen) atoms. The van der Waals surface area contributed by atoms with Gasteiger partial charge in [0.2, 0.25) is 0 Å². The van der Waals surface area contributed by atoms with Gasteiger partial charge in [0.25, 0.3) is 0 Å². The molecule has 6 heteroatoms. The molecule has 0 fully saturated rings. The maximum Gasteiger partial charge on any atom is 0.0837 e. The Morgan fingerprint density at radius 3 is 2.60 bits per heavy atom. The Labute approximate surface area is 138 Å². The zero-order valence-electron chi connectivity index (χ0n) is 11.6. The van der Waals surface area contributed by atoms with Crippen LogP contribution in [0.2, 0.25) is 5.02 Å². The van der Waals surface area contributed by atoms with Gasteiger partial charge in [-0.2, -0.15) is 5.10 Å². The second-order valence-electron chi connectivity index (χ2n) is 4.93. The molecule has 1 aromatic heterocycles. The summed E-state index contributed by atoms with van der Waals surface area (Å²) in [6.45, 7) is 1.66. The number of hydrogen-bond donors (Lipinski definition) is 1. The number of aromatic nitrogens is 2. The fourth-order valence-electron chi connectivity index (χ4n) is 1.98. The van der Waals surface area contributed by atoms with Crippen molar-refractivity contribution in [3.05, 3.63) is 50.3 Å². The highest BCUT2D eigenvalue weighted by molar-refractivity contribution is 14.1. The van der Waals surface area contributed by atoms with E-state index < -0.39 is 0 Å². The monoisotopic (exact) mass is 404 g/mol. The molecule has 0 saturated carbocycles. The van der Waals surface area contributed by atoms with Crippen LogP contribution in [0.5, 0.6) is 0 Å². The summed E-state index contributed by atoms with van der Waals surface area (Å²) in [4.78, 5) is 2.11. The van der Waals surface area contributed by atoms with E-state index in [2.05, 4.69) is 32.6 Å². The molecule has 0 amide bonds. The molecule has 0 saturated heterocycles. The minimum absolute atomic E-state index is 0.260. The summed E-state index contributed by atoms with van der Waals surface area (Å²) in [6, 6.07) is 7.90. The molecule has 4 nitrogen and oxygen atoms in total. The molecule has 2 rings (SSSR count). The molecule has 0 radical (unpaired) electrons. The zero-order valence-corrected chi connectivity index (χ0v) is 14.5. The van der Waals surface area contributed by atoms with E-state index in [9.17, 15) is 0 Å². The van der Waals surface area contributed by atoms with Crippen molar-refractivity contribution < 1.29 is 0 Å². The fraction of sp³-hybridized carbons (Fsp3) is 0.357. The predicted molar refractivity (Wildman–Crippen MR) is 91.0 cm³/mol. The van der Waals surface area contributed by atoms with Gasteiger partial charge in [0.1, 0.15) is 0 Å². The van der Waals surface area contributed by atoms with Crippen LogP contribution >= 0.6 is 34.2 Å². The highest BCUT2D eigenvalue weighted by atomic mass is 127. The fourth-order valence-corrected chi connectivity index (χ4v) is 2.60. The van der Waals surface area contributed by atoms with Crippen LogP contribution in [0.25, 0.3) is 0 Å². The van der Waals surface area contributed by atoms with Crippen molar-refractivity contribution in [1.29, 1.82) is 0 Å². The van der Waals surface area contributed by atoms with Crippen molar-refractivity contribution in [1.82, 2.24) is 14.7 Å². The average Bonchev–Trinajstić information content (AvgIpc) is 2.77. The quantitative estimate of drug-likeness (QED) is 0.780. The van der Waals surface area contributed by atoms with Gasteiger partial charge >= 0.3 is 0 Å². The summed E-state index contributed by atoms with van der Waals surface area (Å²) >= 11 is 8.54. The number of likely N-dealkylation sites (N-methyl/N-ethyl adjacent to an activating group) is 1. The second-order valence-corrected chi connectivity index (χ2v) is 6.59. The molecule has 1 aromatic carbocycles. The Hall–Kier alpha value is -0.630. The van der Waals surface area contributed by atoms with E-state index in [1.165, 1.54) is 3.57 Å². The summed E-state index contributed by atoms with van der Waals surface area (Å²) in [5.74, 6) is 0. The molecule has 1 unspecified atom stereocenters. The molecular weight excluding hydrogens is 387 g/mol. The van der Waals surface area contributed by atoms with Crippen molar-refractivity contribution in [2.24, 2.45) is 5.73 Å². The van der Waals surface area contributed by atoms with Gasteiger partial charge in [-0.05, 0) is 54.4 Å². The van der Waals surface area contributed by atoms with Gasteiger partial charge in [-0.1, -0.05) is 23.7 Å². The minimum Gasteiger partial charge on any atom is -0.319 e. The lowest BCUT2D eigenvalue weighted by Crippen LogP contribution is -2.23. The molecule has 2 N–H and O–H groups in total. The molecule has 0 aliphatic rings. The van der Waals surface area contributed by atoms with Crippen molar-refractivity contribution in [3.63, 3.8) is 0 Å². The standard InChI is InChI=1S/C14H18ClIN4/c1-19(2)7-8-20-14(12(15)9-18-20)13(17)10-3-5-11(16)6-4-10/h3-6,9,13H,7-8,17H2,1-2H3. The minimum atomic E-state index is -0.260. The molecular formula is C14H18ClIN4. The van der Waals surface area contributed by atoms with E-state index in [-0.39, 0.29) is 6.04 Å². The summed E-state index contributed by atoms with van der Waals surface area (Å²) in [6.07, 6.45) is 1.67. The van der Waals surface area contributed by atoms with E-state index in [1.54, 1.807) is 6.20 Å². The first kappa shape index (κ1) is 15.8. The summed E-state index contributed by atoms with van der Waals surface area (Å²) in [7, 11) is 4.06. The first-order valence-electron chi connectivity index (χ1n) is 6.36. The lowest BCUT2D eigenvalue weighted by atomic mass is 10.0. The third kappa shape index (κ3) is 3.72.